The van der Waals surface area contributed by atoms with Crippen LogP contribution in [-0.2, 0) is 13.1 Å². The summed E-state index contributed by atoms with van der Waals surface area (Å²) in [5, 5.41) is 18.9. The summed E-state index contributed by atoms with van der Waals surface area (Å²) in [4.78, 5) is 13.8. The van der Waals surface area contributed by atoms with Crippen molar-refractivity contribution in [3.63, 3.8) is 0 Å². The van der Waals surface area contributed by atoms with Crippen LogP contribution in [0.4, 0.5) is 0 Å². The first-order valence-electron chi connectivity index (χ1n) is 16.0. The van der Waals surface area contributed by atoms with Crippen molar-refractivity contribution in [2.45, 2.75) is 83.5 Å². The number of nitrogens with one attached hydrogen (secondary N) is 2. The van der Waals surface area contributed by atoms with Gasteiger partial charge in [-0.25, -0.2) is 4.68 Å². The Balaban J connectivity index is 1.44. The van der Waals surface area contributed by atoms with E-state index in [1.54, 1.807) is 34.8 Å². The van der Waals surface area contributed by atoms with Gasteiger partial charge in [-0.1, -0.05) is 48.5 Å². The molecular weight excluding hydrogens is 614 g/mol. The van der Waals surface area contributed by atoms with Crippen LogP contribution in [0.25, 0.3) is 11.0 Å². The number of amides is 1. The summed E-state index contributed by atoms with van der Waals surface area (Å²) in [7, 11) is -3.34. The summed E-state index contributed by atoms with van der Waals surface area (Å²) in [5.74, 6) is -0.0856. The number of aromatic amines is 1. The number of fused-ring (bicyclic) bond motifs is 2. The fraction of sp³-hybridized carbons (Fsp3) is 0.371. The third-order valence-electron chi connectivity index (χ3n) is 9.20. The number of ether oxygens (including phenoxy) is 1. The van der Waals surface area contributed by atoms with Crippen LogP contribution in [-0.4, -0.2) is 62.7 Å². The van der Waals surface area contributed by atoms with E-state index in [-0.39, 0.29) is 17.9 Å². The van der Waals surface area contributed by atoms with Crippen molar-refractivity contribution < 1.29 is 18.6 Å². The zero-order valence-electron chi connectivity index (χ0n) is 27.7. The van der Waals surface area contributed by atoms with E-state index < -0.39 is 16.3 Å². The van der Waals surface area contributed by atoms with Crippen LogP contribution in [0.1, 0.15) is 78.3 Å². The highest BCUT2D eigenvalue weighted by Crippen LogP contribution is 2.57. The number of nitrogens with zero attached hydrogens (tertiary/aromatic N) is 5. The summed E-state index contributed by atoms with van der Waals surface area (Å²) in [6.45, 7) is 13.5. The summed E-state index contributed by atoms with van der Waals surface area (Å²) in [6.07, 6.45) is 2.14. The minimum absolute atomic E-state index is 0.205. The zero-order valence-corrected chi connectivity index (χ0v) is 28.5. The molecule has 0 radical (unpaired) electrons. The van der Waals surface area contributed by atoms with Crippen LogP contribution in [0, 0.1) is 13.8 Å². The van der Waals surface area contributed by atoms with Gasteiger partial charge >= 0.3 is 0 Å². The molecule has 248 valence electrons. The minimum atomic E-state index is -3.34. The maximum absolute atomic E-state index is 13.4. The van der Waals surface area contributed by atoms with Crippen molar-refractivity contribution in [2.75, 3.05) is 6.54 Å². The SMILES string of the molecule is CCC1CN(Cc2cc([C@@H](c3ccc4c(nnn4CC)c3C)C(C)(C)NC(=O)c3cc[nH]n3)ccc2C)S(O)(O)c2ccccc2O1. The molecule has 1 amide bonds. The molecule has 4 N–H and O–H groups in total. The highest BCUT2D eigenvalue weighted by atomic mass is 32.3. The van der Waals surface area contributed by atoms with E-state index in [0.717, 1.165) is 45.3 Å². The van der Waals surface area contributed by atoms with Gasteiger partial charge in [0.15, 0.2) is 0 Å². The largest absolute Gasteiger partial charge is 0.487 e. The van der Waals surface area contributed by atoms with Crippen LogP contribution >= 0.6 is 10.8 Å². The number of carbonyl (C=O) groups excluding carboxylic acids is 1. The molecule has 3 aromatic carbocycles. The number of para-hydroxylation sites is 1. The standard InChI is InChI=1S/C35H43N7O4S/c1-7-26-21-41(47(44,45)31-12-10-9-11-30(31)46-26)20-25-19-24(14-13-22(25)3)32(35(5,6)37-34(43)28-17-18-36-38-28)27-15-16-29-33(23(27)4)39-40-42(29)8-2/h9-19,26,32,44-45H,7-8,20-21H2,1-6H3,(H,36,38)(H,37,43)/t26?,32-/m0/s1. The van der Waals surface area contributed by atoms with E-state index in [1.807, 2.05) is 51.4 Å². The molecule has 0 saturated carbocycles. The van der Waals surface area contributed by atoms with Gasteiger partial charge in [-0.2, -0.15) is 9.40 Å². The molecule has 5 aromatic rings. The van der Waals surface area contributed by atoms with Crippen LogP contribution in [0.2, 0.25) is 0 Å². The zero-order chi connectivity index (χ0) is 33.5. The Kier molecular flexibility index (Phi) is 8.88. The Labute approximate surface area is 276 Å². The van der Waals surface area contributed by atoms with Gasteiger partial charge in [-0.15, -0.1) is 15.9 Å². The number of carbonyl (C=O) groups is 1. The lowest BCUT2D eigenvalue weighted by atomic mass is 9.74. The van der Waals surface area contributed by atoms with Crippen molar-refractivity contribution in [1.29, 1.82) is 0 Å². The molecular formula is C35H43N7O4S. The fourth-order valence-electron chi connectivity index (χ4n) is 6.59. The van der Waals surface area contributed by atoms with Crippen molar-refractivity contribution in [2.24, 2.45) is 0 Å². The predicted octanol–water partition coefficient (Wildman–Crippen LogP) is 6.83. The monoisotopic (exact) mass is 657 g/mol. The summed E-state index contributed by atoms with van der Waals surface area (Å²) < 4.78 is 33.2. The average Bonchev–Trinajstić information content (AvgIpc) is 3.72. The fourth-order valence-corrected chi connectivity index (χ4v) is 8.21. The molecule has 12 heteroatoms. The third-order valence-corrected chi connectivity index (χ3v) is 11.1. The smallest absolute Gasteiger partial charge is 0.272 e. The number of H-pyrrole nitrogens is 1. The summed E-state index contributed by atoms with van der Waals surface area (Å²) in [5.41, 5.74) is 6.23. The number of aryl methyl sites for hydroxylation is 3. The number of rotatable bonds is 9. The molecule has 47 heavy (non-hydrogen) atoms. The topological polar surface area (TPSA) is 141 Å². The van der Waals surface area contributed by atoms with E-state index >= 15 is 0 Å². The quantitative estimate of drug-likeness (QED) is 0.135. The van der Waals surface area contributed by atoms with Gasteiger partial charge in [0.25, 0.3) is 5.91 Å². The first-order chi connectivity index (χ1) is 22.4. The molecule has 0 aliphatic carbocycles. The Bertz CT molecular complexity index is 1900. The van der Waals surface area contributed by atoms with Gasteiger partial charge in [0.1, 0.15) is 28.0 Å². The second-order valence-electron chi connectivity index (χ2n) is 12.7. The molecule has 2 atom stereocenters. The Morgan fingerprint density at radius 2 is 1.91 bits per heavy atom. The second kappa shape index (κ2) is 12.8. The maximum Gasteiger partial charge on any atom is 0.272 e. The molecule has 1 aliphatic rings. The average molecular weight is 658 g/mol. The van der Waals surface area contributed by atoms with Gasteiger partial charge in [0.2, 0.25) is 0 Å². The maximum atomic E-state index is 13.4. The molecule has 0 fully saturated rings. The Hall–Kier alpha value is -4.23. The van der Waals surface area contributed by atoms with Gasteiger partial charge in [-0.05, 0) is 93.1 Å². The van der Waals surface area contributed by atoms with E-state index in [0.29, 0.717) is 36.0 Å². The van der Waals surface area contributed by atoms with Crippen molar-refractivity contribution in [3.8, 4) is 5.75 Å². The van der Waals surface area contributed by atoms with E-state index in [2.05, 4.69) is 57.0 Å². The van der Waals surface area contributed by atoms with Gasteiger partial charge < -0.3 is 10.1 Å². The Morgan fingerprint density at radius 1 is 1.13 bits per heavy atom. The lowest BCUT2D eigenvalue weighted by molar-refractivity contribution is 0.0900. The number of benzene rings is 3. The highest BCUT2D eigenvalue weighted by molar-refractivity contribution is 8.22. The number of hydrogen-bond donors (Lipinski definition) is 4. The third kappa shape index (κ3) is 6.14. The number of aromatic nitrogens is 5. The molecule has 11 nitrogen and oxygen atoms in total. The van der Waals surface area contributed by atoms with Crippen LogP contribution in [0.3, 0.4) is 0 Å². The summed E-state index contributed by atoms with van der Waals surface area (Å²) in [6, 6.07) is 19.3. The molecule has 0 saturated heterocycles. The van der Waals surface area contributed by atoms with Crippen LogP contribution in [0.15, 0.2) is 71.8 Å². The lowest BCUT2D eigenvalue weighted by Gasteiger charge is -2.42. The molecule has 1 unspecified atom stereocenters. The molecule has 3 heterocycles. The first-order valence-corrected chi connectivity index (χ1v) is 17.5. The van der Waals surface area contributed by atoms with Crippen LogP contribution in [0.5, 0.6) is 5.75 Å². The molecule has 6 rings (SSSR count). The van der Waals surface area contributed by atoms with Crippen LogP contribution < -0.4 is 10.1 Å². The summed E-state index contributed by atoms with van der Waals surface area (Å²) >= 11 is 0. The first kappa shape index (κ1) is 32.7. The molecule has 1 aliphatic heterocycles. The van der Waals surface area contributed by atoms with Crippen molar-refractivity contribution >= 4 is 27.7 Å². The molecule has 0 spiro atoms. The minimum Gasteiger partial charge on any atom is -0.487 e. The molecule has 0 bridgehead atoms. The highest BCUT2D eigenvalue weighted by Gasteiger charge is 2.38. The van der Waals surface area contributed by atoms with Gasteiger partial charge in [0, 0.05) is 30.7 Å². The molecule has 2 aromatic heterocycles. The number of hydrogen-bond acceptors (Lipinski definition) is 8. The normalized spacial score (nSPS) is 17.8. The van der Waals surface area contributed by atoms with Gasteiger partial charge in [0.05, 0.1) is 12.1 Å². The van der Waals surface area contributed by atoms with Crippen molar-refractivity contribution in [1.82, 2.24) is 34.8 Å². The van der Waals surface area contributed by atoms with Gasteiger partial charge in [-0.3, -0.25) is 19.0 Å². The lowest BCUT2D eigenvalue weighted by Crippen LogP contribution is -2.48. The van der Waals surface area contributed by atoms with E-state index in [4.69, 9.17) is 4.74 Å². The second-order valence-corrected chi connectivity index (χ2v) is 14.7. The van der Waals surface area contributed by atoms with E-state index in [1.165, 1.54) is 0 Å². The Morgan fingerprint density at radius 3 is 2.64 bits per heavy atom. The predicted molar refractivity (Wildman–Crippen MR) is 184 cm³/mol. The van der Waals surface area contributed by atoms with E-state index in [9.17, 15) is 13.9 Å². The van der Waals surface area contributed by atoms with Crippen molar-refractivity contribution in [3.05, 3.63) is 100 Å².